The van der Waals surface area contributed by atoms with Crippen molar-refractivity contribution in [3.8, 4) is 5.75 Å². The molecule has 1 N–H and O–H groups in total. The second kappa shape index (κ2) is 8.41. The lowest BCUT2D eigenvalue weighted by Crippen LogP contribution is -2.41. The predicted octanol–water partition coefficient (Wildman–Crippen LogP) is 3.50. The van der Waals surface area contributed by atoms with Crippen molar-refractivity contribution in [3.63, 3.8) is 0 Å². The number of hydrogen-bond donors (Lipinski definition) is 1. The standard InChI is InChI=1S/C23H21NO6/c1-14(24-23(27)28-13-15-6-3-2-4-7-15)21(25)29-16-10-11-18-17-8-5-9-19(17)22(26)30-20(18)12-16/h2-4,6-7,10-12,14H,5,8-9,13H2,1H3,(H,24,27). The average molecular weight is 407 g/mol. The van der Waals surface area contributed by atoms with Crippen LogP contribution >= 0.6 is 0 Å². The van der Waals surface area contributed by atoms with E-state index in [9.17, 15) is 14.4 Å². The van der Waals surface area contributed by atoms with Crippen molar-refractivity contribution >= 4 is 23.0 Å². The van der Waals surface area contributed by atoms with E-state index in [4.69, 9.17) is 13.9 Å². The van der Waals surface area contributed by atoms with E-state index >= 15 is 0 Å². The predicted molar refractivity (Wildman–Crippen MR) is 109 cm³/mol. The van der Waals surface area contributed by atoms with Crippen molar-refractivity contribution in [2.45, 2.75) is 38.8 Å². The number of alkyl carbamates (subject to hydrolysis) is 1. The summed E-state index contributed by atoms with van der Waals surface area (Å²) in [6, 6.07) is 13.3. The summed E-state index contributed by atoms with van der Waals surface area (Å²) in [6.07, 6.45) is 1.78. The van der Waals surface area contributed by atoms with Crippen molar-refractivity contribution in [2.24, 2.45) is 0 Å². The number of nitrogens with one attached hydrogen (secondary N) is 1. The number of benzene rings is 2. The fourth-order valence-electron chi connectivity index (χ4n) is 3.53. The van der Waals surface area contributed by atoms with Gasteiger partial charge in [-0.05, 0) is 49.4 Å². The lowest BCUT2D eigenvalue weighted by molar-refractivity contribution is -0.136. The number of ether oxygens (including phenoxy) is 2. The maximum absolute atomic E-state index is 12.3. The SMILES string of the molecule is CC(NC(=O)OCc1ccccc1)C(=O)Oc1ccc2c3c(c(=O)oc2c1)CCC3. The second-order valence-corrected chi connectivity index (χ2v) is 7.21. The van der Waals surface area contributed by atoms with Gasteiger partial charge in [0.05, 0.1) is 0 Å². The van der Waals surface area contributed by atoms with E-state index in [1.165, 1.54) is 13.0 Å². The minimum atomic E-state index is -0.920. The van der Waals surface area contributed by atoms with E-state index in [1.54, 1.807) is 12.1 Å². The number of carbonyl (C=O) groups excluding carboxylic acids is 2. The van der Waals surface area contributed by atoms with Gasteiger partial charge in [0.1, 0.15) is 24.0 Å². The van der Waals surface area contributed by atoms with Crippen molar-refractivity contribution < 1.29 is 23.5 Å². The first-order valence-electron chi connectivity index (χ1n) is 9.79. The van der Waals surface area contributed by atoms with Gasteiger partial charge in [-0.3, -0.25) is 0 Å². The first-order valence-corrected chi connectivity index (χ1v) is 9.79. The van der Waals surface area contributed by atoms with Gasteiger partial charge in [-0.15, -0.1) is 0 Å². The number of aryl methyl sites for hydroxylation is 1. The molecule has 0 aliphatic heterocycles. The molecule has 0 fully saturated rings. The summed E-state index contributed by atoms with van der Waals surface area (Å²) in [6.45, 7) is 1.60. The Morgan fingerprint density at radius 2 is 1.87 bits per heavy atom. The minimum Gasteiger partial charge on any atom is -0.445 e. The molecule has 1 unspecified atom stereocenters. The quantitative estimate of drug-likeness (QED) is 0.395. The normalized spacial score (nSPS) is 13.5. The molecule has 2 aromatic carbocycles. The van der Waals surface area contributed by atoms with Crippen LogP contribution in [0.25, 0.3) is 11.0 Å². The molecule has 3 aromatic rings. The maximum atomic E-state index is 12.3. The fourth-order valence-corrected chi connectivity index (χ4v) is 3.53. The third-order valence-corrected chi connectivity index (χ3v) is 5.06. The van der Waals surface area contributed by atoms with Gasteiger partial charge in [-0.1, -0.05) is 30.3 Å². The van der Waals surface area contributed by atoms with E-state index in [0.717, 1.165) is 41.3 Å². The van der Waals surface area contributed by atoms with Crippen LogP contribution in [-0.2, 0) is 29.0 Å². The highest BCUT2D eigenvalue weighted by atomic mass is 16.6. The van der Waals surface area contributed by atoms with E-state index in [-0.39, 0.29) is 18.0 Å². The monoisotopic (exact) mass is 407 g/mol. The molecular formula is C23H21NO6. The number of carbonyl (C=O) groups is 2. The van der Waals surface area contributed by atoms with E-state index in [1.807, 2.05) is 30.3 Å². The Balaban J connectivity index is 1.38. The molecule has 0 bridgehead atoms. The fraction of sp³-hybridized carbons (Fsp3) is 0.261. The molecule has 1 amide bonds. The number of hydrogen-bond acceptors (Lipinski definition) is 6. The number of rotatable bonds is 5. The Bertz CT molecular complexity index is 1150. The molecule has 7 nitrogen and oxygen atoms in total. The smallest absolute Gasteiger partial charge is 0.408 e. The summed E-state index contributed by atoms with van der Waals surface area (Å²) in [5, 5.41) is 3.30. The first-order chi connectivity index (χ1) is 14.5. The molecule has 30 heavy (non-hydrogen) atoms. The van der Waals surface area contributed by atoms with Crippen LogP contribution in [0.1, 0.15) is 30.0 Å². The molecule has 1 atom stereocenters. The maximum Gasteiger partial charge on any atom is 0.408 e. The molecule has 1 aromatic heterocycles. The third-order valence-electron chi connectivity index (χ3n) is 5.06. The van der Waals surface area contributed by atoms with E-state index < -0.39 is 18.1 Å². The summed E-state index contributed by atoms with van der Waals surface area (Å²) in [5.74, 6) is -0.422. The zero-order chi connectivity index (χ0) is 21.1. The van der Waals surface area contributed by atoms with Gasteiger partial charge in [-0.25, -0.2) is 14.4 Å². The molecule has 0 spiro atoms. The highest BCUT2D eigenvalue weighted by molar-refractivity contribution is 5.86. The van der Waals surface area contributed by atoms with E-state index in [2.05, 4.69) is 5.32 Å². The summed E-state index contributed by atoms with van der Waals surface area (Å²) in [4.78, 5) is 36.4. The van der Waals surface area contributed by atoms with Crippen LogP contribution in [0.2, 0.25) is 0 Å². The minimum absolute atomic E-state index is 0.0997. The second-order valence-electron chi connectivity index (χ2n) is 7.21. The van der Waals surface area contributed by atoms with Crippen molar-refractivity contribution in [2.75, 3.05) is 0 Å². The zero-order valence-electron chi connectivity index (χ0n) is 16.5. The first kappa shape index (κ1) is 19.7. The summed E-state index contributed by atoms with van der Waals surface area (Å²) < 4.78 is 15.8. The van der Waals surface area contributed by atoms with Crippen LogP contribution in [0.15, 0.2) is 57.7 Å². The Kier molecular flexibility index (Phi) is 5.52. The van der Waals surface area contributed by atoms with Crippen LogP contribution < -0.4 is 15.7 Å². The molecule has 0 saturated carbocycles. The molecule has 4 rings (SSSR count). The van der Waals surface area contributed by atoms with Crippen molar-refractivity contribution in [1.82, 2.24) is 5.32 Å². The molecular weight excluding hydrogens is 386 g/mol. The van der Waals surface area contributed by atoms with Crippen molar-refractivity contribution in [1.29, 1.82) is 0 Å². The Morgan fingerprint density at radius 3 is 2.67 bits per heavy atom. The lowest BCUT2D eigenvalue weighted by atomic mass is 10.1. The van der Waals surface area contributed by atoms with Crippen LogP contribution in [0, 0.1) is 0 Å². The summed E-state index contributed by atoms with van der Waals surface area (Å²) in [5.41, 5.74) is 2.63. The molecule has 1 heterocycles. The Morgan fingerprint density at radius 1 is 1.10 bits per heavy atom. The van der Waals surface area contributed by atoms with Gasteiger partial charge in [0, 0.05) is 17.0 Å². The molecule has 1 aliphatic carbocycles. The molecule has 7 heteroatoms. The third kappa shape index (κ3) is 4.20. The zero-order valence-corrected chi connectivity index (χ0v) is 16.5. The number of amides is 1. The van der Waals surface area contributed by atoms with Gasteiger partial charge in [0.2, 0.25) is 0 Å². The molecule has 0 radical (unpaired) electrons. The van der Waals surface area contributed by atoms with Gasteiger partial charge < -0.3 is 19.2 Å². The summed E-state index contributed by atoms with van der Waals surface area (Å²) >= 11 is 0. The van der Waals surface area contributed by atoms with Crippen LogP contribution in [-0.4, -0.2) is 18.1 Å². The lowest BCUT2D eigenvalue weighted by Gasteiger charge is -2.14. The highest BCUT2D eigenvalue weighted by Gasteiger charge is 2.22. The van der Waals surface area contributed by atoms with Gasteiger partial charge in [0.25, 0.3) is 0 Å². The Hall–Kier alpha value is -3.61. The summed E-state index contributed by atoms with van der Waals surface area (Å²) in [7, 11) is 0. The Labute approximate surface area is 172 Å². The van der Waals surface area contributed by atoms with Crippen LogP contribution in [0.5, 0.6) is 5.75 Å². The molecule has 154 valence electrons. The molecule has 0 saturated heterocycles. The van der Waals surface area contributed by atoms with Gasteiger partial charge >= 0.3 is 17.7 Å². The van der Waals surface area contributed by atoms with Crippen molar-refractivity contribution in [3.05, 3.63) is 75.6 Å². The topological polar surface area (TPSA) is 94.8 Å². The van der Waals surface area contributed by atoms with Gasteiger partial charge in [-0.2, -0.15) is 0 Å². The number of fused-ring (bicyclic) bond motifs is 3. The average Bonchev–Trinajstić information content (AvgIpc) is 3.24. The number of esters is 1. The molecule has 1 aliphatic rings. The van der Waals surface area contributed by atoms with E-state index in [0.29, 0.717) is 5.58 Å². The van der Waals surface area contributed by atoms with Crippen LogP contribution in [0.3, 0.4) is 0 Å². The largest absolute Gasteiger partial charge is 0.445 e. The highest BCUT2D eigenvalue weighted by Crippen LogP contribution is 2.29. The van der Waals surface area contributed by atoms with Gasteiger partial charge in [0.15, 0.2) is 0 Å². The van der Waals surface area contributed by atoms with Crippen LogP contribution in [0.4, 0.5) is 4.79 Å².